The molecular formula is C18H32O2. The lowest BCUT2D eigenvalue weighted by atomic mass is 10.0. The molecule has 20 heavy (non-hydrogen) atoms. The van der Waals surface area contributed by atoms with Crippen molar-refractivity contribution < 1.29 is 9.53 Å². The molecule has 2 heteroatoms. The van der Waals surface area contributed by atoms with Crippen molar-refractivity contribution in [3.63, 3.8) is 0 Å². The van der Waals surface area contributed by atoms with Crippen LogP contribution in [0.2, 0.25) is 0 Å². The number of carbonyl (C=O) groups excluding carboxylic acids is 1. The summed E-state index contributed by atoms with van der Waals surface area (Å²) in [4.78, 5) is 11.2. The van der Waals surface area contributed by atoms with Gasteiger partial charge in [0.2, 0.25) is 0 Å². The molecule has 0 saturated carbocycles. The molecule has 0 heterocycles. The minimum atomic E-state index is -0.179. The average Bonchev–Trinajstić information content (AvgIpc) is 2.39. The van der Waals surface area contributed by atoms with E-state index in [4.69, 9.17) is 4.74 Å². The van der Waals surface area contributed by atoms with E-state index in [9.17, 15) is 4.79 Å². The van der Waals surface area contributed by atoms with Gasteiger partial charge in [-0.05, 0) is 24.8 Å². The predicted molar refractivity (Wildman–Crippen MR) is 84.4 cm³/mol. The van der Waals surface area contributed by atoms with Crippen molar-refractivity contribution >= 4 is 5.97 Å². The lowest BCUT2D eigenvalue weighted by Crippen LogP contribution is -2.02. The molecule has 0 fully saturated rings. The van der Waals surface area contributed by atoms with Crippen molar-refractivity contribution in [1.82, 2.24) is 0 Å². The number of allylic oxidation sites excluding steroid dienone is 2. The maximum absolute atomic E-state index is 11.2. The molecule has 0 N–H and O–H groups in total. The first-order valence-corrected chi connectivity index (χ1v) is 8.57. The Bertz CT molecular complexity index is 294. The Kier molecular flexibility index (Phi) is 9.44. The van der Waals surface area contributed by atoms with E-state index >= 15 is 0 Å². The first kappa shape index (κ1) is 17.3. The van der Waals surface area contributed by atoms with Gasteiger partial charge in [-0.25, -0.2) is 0 Å². The minimum absolute atomic E-state index is 0.179. The van der Waals surface area contributed by atoms with Gasteiger partial charge in [-0.1, -0.05) is 64.7 Å². The van der Waals surface area contributed by atoms with E-state index in [1.807, 2.05) is 0 Å². The molecule has 0 aromatic heterocycles. The summed E-state index contributed by atoms with van der Waals surface area (Å²) in [5, 5.41) is 0. The van der Waals surface area contributed by atoms with Crippen LogP contribution in [0.4, 0.5) is 0 Å². The maximum Gasteiger partial charge on any atom is 0.307 e. The highest BCUT2D eigenvalue weighted by Crippen LogP contribution is 2.20. The van der Waals surface area contributed by atoms with E-state index in [1.54, 1.807) is 0 Å². The normalized spacial score (nSPS) is 26.7. The summed E-state index contributed by atoms with van der Waals surface area (Å²) >= 11 is 0. The second kappa shape index (κ2) is 10.9. The quantitative estimate of drug-likeness (QED) is 0.570. The SMILES string of the molecule is CC(=O)O/C1=C\[C@@H](C)CCCCCCCCCCCC1. The van der Waals surface area contributed by atoms with Crippen molar-refractivity contribution in [3.05, 3.63) is 11.8 Å². The Morgan fingerprint density at radius 3 is 2.00 bits per heavy atom. The van der Waals surface area contributed by atoms with Crippen LogP contribution in [-0.2, 0) is 9.53 Å². The Hall–Kier alpha value is -0.790. The van der Waals surface area contributed by atoms with E-state index in [1.165, 1.54) is 71.1 Å². The van der Waals surface area contributed by atoms with E-state index in [2.05, 4.69) is 13.0 Å². The van der Waals surface area contributed by atoms with Crippen LogP contribution in [0, 0.1) is 5.92 Å². The largest absolute Gasteiger partial charge is 0.432 e. The highest BCUT2D eigenvalue weighted by atomic mass is 16.5. The molecule has 0 aromatic carbocycles. The Balaban J connectivity index is 2.49. The molecule has 0 amide bonds. The highest BCUT2D eigenvalue weighted by Gasteiger charge is 2.07. The second-order valence-electron chi connectivity index (χ2n) is 6.28. The summed E-state index contributed by atoms with van der Waals surface area (Å²) in [6.07, 6.45) is 17.6. The molecular weight excluding hydrogens is 248 g/mol. The van der Waals surface area contributed by atoms with Crippen LogP contribution in [0.5, 0.6) is 0 Å². The molecule has 2 nitrogen and oxygen atoms in total. The molecule has 0 radical (unpaired) electrons. The topological polar surface area (TPSA) is 26.3 Å². The summed E-state index contributed by atoms with van der Waals surface area (Å²) in [6, 6.07) is 0. The lowest BCUT2D eigenvalue weighted by Gasteiger charge is -2.11. The summed E-state index contributed by atoms with van der Waals surface area (Å²) in [5.41, 5.74) is 0. The van der Waals surface area contributed by atoms with Gasteiger partial charge in [-0.2, -0.15) is 0 Å². The van der Waals surface area contributed by atoms with Gasteiger partial charge in [0.25, 0.3) is 0 Å². The smallest absolute Gasteiger partial charge is 0.307 e. The highest BCUT2D eigenvalue weighted by molar-refractivity contribution is 5.67. The monoisotopic (exact) mass is 280 g/mol. The van der Waals surface area contributed by atoms with Crippen LogP contribution in [0.25, 0.3) is 0 Å². The van der Waals surface area contributed by atoms with Crippen molar-refractivity contribution in [1.29, 1.82) is 0 Å². The van der Waals surface area contributed by atoms with Gasteiger partial charge in [0.1, 0.15) is 5.76 Å². The summed E-state index contributed by atoms with van der Waals surface area (Å²) in [6.45, 7) is 3.74. The average molecular weight is 280 g/mol. The van der Waals surface area contributed by atoms with Gasteiger partial charge in [0.05, 0.1) is 0 Å². The summed E-state index contributed by atoms with van der Waals surface area (Å²) in [7, 11) is 0. The van der Waals surface area contributed by atoms with Gasteiger partial charge < -0.3 is 4.74 Å². The number of esters is 1. The zero-order valence-corrected chi connectivity index (χ0v) is 13.5. The molecule has 1 aliphatic carbocycles. The molecule has 1 rings (SSSR count). The van der Waals surface area contributed by atoms with Crippen LogP contribution in [0.1, 0.15) is 90.9 Å². The molecule has 116 valence electrons. The predicted octanol–water partition coefficient (Wildman–Crippen LogP) is 5.76. The van der Waals surface area contributed by atoms with Crippen LogP contribution in [-0.4, -0.2) is 5.97 Å². The molecule has 0 bridgehead atoms. The molecule has 0 unspecified atom stereocenters. The van der Waals surface area contributed by atoms with E-state index in [0.717, 1.165) is 18.6 Å². The third-order valence-electron chi connectivity index (χ3n) is 4.08. The third-order valence-corrected chi connectivity index (χ3v) is 4.08. The van der Waals surface area contributed by atoms with Crippen LogP contribution in [0.15, 0.2) is 11.8 Å². The Labute approximate surface area is 125 Å². The number of rotatable bonds is 1. The third kappa shape index (κ3) is 9.17. The number of ether oxygens (including phenoxy) is 1. The fourth-order valence-electron chi connectivity index (χ4n) is 2.93. The van der Waals surface area contributed by atoms with E-state index in [0.29, 0.717) is 5.92 Å². The maximum atomic E-state index is 11.2. The number of hydrogen-bond acceptors (Lipinski definition) is 2. The summed E-state index contributed by atoms with van der Waals surface area (Å²) in [5.74, 6) is 1.25. The first-order chi connectivity index (χ1) is 9.68. The van der Waals surface area contributed by atoms with Crippen molar-refractivity contribution in [2.45, 2.75) is 90.9 Å². The fourth-order valence-corrected chi connectivity index (χ4v) is 2.93. The second-order valence-corrected chi connectivity index (χ2v) is 6.28. The number of hydrogen-bond donors (Lipinski definition) is 0. The standard InChI is InChI=1S/C18H32O2/c1-16-13-11-9-7-5-3-4-6-8-10-12-14-18(15-16)20-17(2)19/h15-16H,3-14H2,1-2H3/b18-15-/t16-/m0/s1. The molecule has 1 atom stereocenters. The van der Waals surface area contributed by atoms with E-state index in [-0.39, 0.29) is 5.97 Å². The number of carbonyl (C=O) groups is 1. The van der Waals surface area contributed by atoms with Crippen molar-refractivity contribution in [3.8, 4) is 0 Å². The van der Waals surface area contributed by atoms with Gasteiger partial charge in [0, 0.05) is 13.3 Å². The molecule has 0 spiro atoms. The molecule has 1 aliphatic rings. The van der Waals surface area contributed by atoms with Crippen molar-refractivity contribution in [2.24, 2.45) is 5.92 Å². The molecule has 0 aromatic rings. The van der Waals surface area contributed by atoms with Crippen LogP contribution >= 0.6 is 0 Å². The van der Waals surface area contributed by atoms with E-state index < -0.39 is 0 Å². The fraction of sp³-hybridized carbons (Fsp3) is 0.833. The van der Waals surface area contributed by atoms with Gasteiger partial charge in [-0.3, -0.25) is 4.79 Å². The zero-order valence-electron chi connectivity index (χ0n) is 13.5. The molecule has 0 aliphatic heterocycles. The Morgan fingerprint density at radius 1 is 0.950 bits per heavy atom. The minimum Gasteiger partial charge on any atom is -0.432 e. The van der Waals surface area contributed by atoms with Gasteiger partial charge in [0.15, 0.2) is 0 Å². The van der Waals surface area contributed by atoms with Gasteiger partial charge >= 0.3 is 5.97 Å². The molecule has 0 saturated heterocycles. The lowest BCUT2D eigenvalue weighted by molar-refractivity contribution is -0.137. The first-order valence-electron chi connectivity index (χ1n) is 8.57. The summed E-state index contributed by atoms with van der Waals surface area (Å²) < 4.78 is 5.37. The van der Waals surface area contributed by atoms with Crippen LogP contribution in [0.3, 0.4) is 0 Å². The zero-order chi connectivity index (χ0) is 14.6. The van der Waals surface area contributed by atoms with Crippen molar-refractivity contribution in [2.75, 3.05) is 0 Å². The van der Waals surface area contributed by atoms with Crippen LogP contribution < -0.4 is 0 Å². The van der Waals surface area contributed by atoms with Gasteiger partial charge in [-0.15, -0.1) is 0 Å². The Morgan fingerprint density at radius 2 is 1.45 bits per heavy atom.